The van der Waals surface area contributed by atoms with Crippen LogP contribution in [0.3, 0.4) is 0 Å². The van der Waals surface area contributed by atoms with Crippen LogP contribution in [0.25, 0.3) is 0 Å². The Morgan fingerprint density at radius 1 is 1.10 bits per heavy atom. The Morgan fingerprint density at radius 3 is 2.14 bits per heavy atom. The van der Waals surface area contributed by atoms with Gasteiger partial charge in [-0.05, 0) is 44.4 Å². The van der Waals surface area contributed by atoms with Crippen LogP contribution >= 0.6 is 0 Å². The molecule has 2 amide bonds. The van der Waals surface area contributed by atoms with Crippen LogP contribution < -0.4 is 0 Å². The number of hydrogen-bond donors (Lipinski definition) is 1. The van der Waals surface area contributed by atoms with Gasteiger partial charge in [-0.2, -0.15) is 0 Å². The molecule has 0 aromatic rings. The lowest BCUT2D eigenvalue weighted by Crippen LogP contribution is -2.50. The summed E-state index contributed by atoms with van der Waals surface area (Å²) in [6.45, 7) is 3.39. The molecule has 2 rings (SSSR count). The van der Waals surface area contributed by atoms with Gasteiger partial charge in [0.05, 0.1) is 5.92 Å². The molecule has 0 aromatic heterocycles. The van der Waals surface area contributed by atoms with Crippen molar-refractivity contribution in [3.8, 4) is 0 Å². The quantitative estimate of drug-likeness (QED) is 0.871. The van der Waals surface area contributed by atoms with E-state index < -0.39 is 5.97 Å². The van der Waals surface area contributed by atoms with Crippen LogP contribution in [0.1, 0.15) is 51.9 Å². The number of likely N-dealkylation sites (tertiary alicyclic amines) is 1. The van der Waals surface area contributed by atoms with Crippen molar-refractivity contribution in [1.82, 2.24) is 9.80 Å². The number of carboxylic acids is 1. The third kappa shape index (κ3) is 3.89. The molecule has 1 saturated heterocycles. The van der Waals surface area contributed by atoms with Crippen LogP contribution in [0.15, 0.2) is 0 Å². The van der Waals surface area contributed by atoms with E-state index >= 15 is 0 Å². The number of rotatable bonds is 3. The largest absolute Gasteiger partial charge is 0.481 e. The lowest BCUT2D eigenvalue weighted by atomic mass is 9.84. The zero-order valence-electron chi connectivity index (χ0n) is 13.3. The van der Waals surface area contributed by atoms with Gasteiger partial charge in [-0.25, -0.2) is 4.79 Å². The van der Waals surface area contributed by atoms with Crippen LogP contribution in [-0.4, -0.2) is 53.1 Å². The van der Waals surface area contributed by atoms with Crippen LogP contribution in [0.5, 0.6) is 0 Å². The second-order valence-electron chi connectivity index (χ2n) is 6.58. The summed E-state index contributed by atoms with van der Waals surface area (Å²) in [4.78, 5) is 27.2. The van der Waals surface area contributed by atoms with Gasteiger partial charge in [0, 0.05) is 26.2 Å². The van der Waals surface area contributed by atoms with Crippen molar-refractivity contribution in [2.75, 3.05) is 20.1 Å². The Kier molecular flexibility index (Phi) is 5.48. The number of nitrogens with zero attached hydrogens (tertiary/aromatic N) is 2. The zero-order chi connectivity index (χ0) is 15.4. The van der Waals surface area contributed by atoms with Crippen LogP contribution in [0.2, 0.25) is 0 Å². The minimum absolute atomic E-state index is 0.0822. The Balaban J connectivity index is 1.82. The van der Waals surface area contributed by atoms with Gasteiger partial charge in [0.15, 0.2) is 0 Å². The van der Waals surface area contributed by atoms with Gasteiger partial charge in [-0.1, -0.05) is 13.3 Å². The smallest absolute Gasteiger partial charge is 0.319 e. The molecule has 0 unspecified atom stereocenters. The molecule has 2 aliphatic rings. The van der Waals surface area contributed by atoms with E-state index in [4.69, 9.17) is 5.11 Å². The average Bonchev–Trinajstić information content (AvgIpc) is 2.53. The molecule has 0 aromatic carbocycles. The molecular formula is C16H28N2O3. The van der Waals surface area contributed by atoms with Crippen LogP contribution in [-0.2, 0) is 4.79 Å². The van der Waals surface area contributed by atoms with E-state index in [0.29, 0.717) is 32.0 Å². The lowest BCUT2D eigenvalue weighted by molar-refractivity contribution is -0.143. The third-order valence-electron chi connectivity index (χ3n) is 5.36. The number of amides is 2. The maximum atomic E-state index is 12.5. The van der Waals surface area contributed by atoms with E-state index in [-0.39, 0.29) is 11.9 Å². The number of carbonyl (C=O) groups is 2. The number of hydrogen-bond acceptors (Lipinski definition) is 2. The molecule has 0 spiro atoms. The first-order valence-electron chi connectivity index (χ1n) is 8.27. The SMILES string of the molecule is CCC1CCC(N(C)C(=O)N2CCC(C(=O)O)CC2)CC1. The molecule has 1 N–H and O–H groups in total. The minimum Gasteiger partial charge on any atom is -0.481 e. The number of urea groups is 1. The van der Waals surface area contributed by atoms with E-state index in [1.54, 1.807) is 0 Å². The highest BCUT2D eigenvalue weighted by molar-refractivity contribution is 5.75. The molecule has 1 aliphatic carbocycles. The predicted molar refractivity (Wildman–Crippen MR) is 81.1 cm³/mol. The molecule has 0 atom stereocenters. The van der Waals surface area contributed by atoms with Gasteiger partial charge < -0.3 is 14.9 Å². The Labute approximate surface area is 127 Å². The van der Waals surface area contributed by atoms with Gasteiger partial charge in [0.1, 0.15) is 0 Å². The molecule has 2 fully saturated rings. The van der Waals surface area contributed by atoms with Crippen molar-refractivity contribution in [3.63, 3.8) is 0 Å². The Morgan fingerprint density at radius 2 is 1.67 bits per heavy atom. The van der Waals surface area contributed by atoms with Crippen molar-refractivity contribution < 1.29 is 14.7 Å². The van der Waals surface area contributed by atoms with Crippen LogP contribution in [0.4, 0.5) is 4.79 Å². The van der Waals surface area contributed by atoms with Crippen molar-refractivity contribution in [3.05, 3.63) is 0 Å². The highest BCUT2D eigenvalue weighted by Crippen LogP contribution is 2.29. The highest BCUT2D eigenvalue weighted by atomic mass is 16.4. The normalized spacial score (nSPS) is 27.4. The number of aliphatic carboxylic acids is 1. The van der Waals surface area contributed by atoms with E-state index in [1.165, 1.54) is 19.3 Å². The van der Waals surface area contributed by atoms with Crippen molar-refractivity contribution in [1.29, 1.82) is 0 Å². The van der Waals surface area contributed by atoms with Gasteiger partial charge >= 0.3 is 12.0 Å². The highest BCUT2D eigenvalue weighted by Gasteiger charge is 2.31. The van der Waals surface area contributed by atoms with Gasteiger partial charge in [-0.15, -0.1) is 0 Å². The summed E-state index contributed by atoms with van der Waals surface area (Å²) >= 11 is 0. The summed E-state index contributed by atoms with van der Waals surface area (Å²) in [5.41, 5.74) is 0. The second-order valence-corrected chi connectivity index (χ2v) is 6.58. The summed E-state index contributed by atoms with van der Waals surface area (Å²) < 4.78 is 0. The minimum atomic E-state index is -0.728. The summed E-state index contributed by atoms with van der Waals surface area (Å²) in [6.07, 6.45) is 7.06. The van der Waals surface area contributed by atoms with Crippen molar-refractivity contribution >= 4 is 12.0 Å². The fourth-order valence-electron chi connectivity index (χ4n) is 3.64. The Bertz CT molecular complexity index is 370. The van der Waals surface area contributed by atoms with E-state index in [2.05, 4.69) is 6.92 Å². The topological polar surface area (TPSA) is 60.9 Å². The maximum Gasteiger partial charge on any atom is 0.319 e. The molecule has 120 valence electrons. The predicted octanol–water partition coefficient (Wildman–Crippen LogP) is 2.80. The standard InChI is InChI=1S/C16H28N2O3/c1-3-12-4-6-14(7-5-12)17(2)16(21)18-10-8-13(9-11-18)15(19)20/h12-14H,3-11H2,1-2H3,(H,19,20). The monoisotopic (exact) mass is 296 g/mol. The number of carbonyl (C=O) groups excluding carboxylic acids is 1. The maximum absolute atomic E-state index is 12.5. The number of piperidine rings is 1. The van der Waals surface area contributed by atoms with E-state index in [9.17, 15) is 9.59 Å². The van der Waals surface area contributed by atoms with E-state index in [1.807, 2.05) is 16.8 Å². The summed E-state index contributed by atoms with van der Waals surface area (Å²) in [6, 6.07) is 0.441. The zero-order valence-corrected chi connectivity index (χ0v) is 13.3. The fourth-order valence-corrected chi connectivity index (χ4v) is 3.64. The molecular weight excluding hydrogens is 268 g/mol. The van der Waals surface area contributed by atoms with Crippen LogP contribution in [0, 0.1) is 11.8 Å². The third-order valence-corrected chi connectivity index (χ3v) is 5.36. The van der Waals surface area contributed by atoms with Gasteiger partial charge in [-0.3, -0.25) is 4.79 Å². The van der Waals surface area contributed by atoms with Gasteiger partial charge in [0.25, 0.3) is 0 Å². The van der Waals surface area contributed by atoms with Crippen molar-refractivity contribution in [2.45, 2.75) is 57.9 Å². The lowest BCUT2D eigenvalue weighted by Gasteiger charge is -2.39. The second kappa shape index (κ2) is 7.14. The van der Waals surface area contributed by atoms with Gasteiger partial charge in [0.2, 0.25) is 0 Å². The fraction of sp³-hybridized carbons (Fsp3) is 0.875. The molecule has 5 nitrogen and oxygen atoms in total. The molecule has 1 saturated carbocycles. The summed E-state index contributed by atoms with van der Waals surface area (Å²) in [7, 11) is 1.91. The first kappa shape index (κ1) is 16.1. The summed E-state index contributed by atoms with van der Waals surface area (Å²) in [5.74, 6) is -0.177. The molecule has 0 radical (unpaired) electrons. The average molecular weight is 296 g/mol. The number of carboxylic acid groups (broad SMARTS) is 1. The Hall–Kier alpha value is -1.26. The van der Waals surface area contributed by atoms with E-state index in [0.717, 1.165) is 18.8 Å². The van der Waals surface area contributed by atoms with Crippen molar-refractivity contribution in [2.24, 2.45) is 11.8 Å². The molecule has 1 heterocycles. The molecule has 5 heteroatoms. The first-order valence-corrected chi connectivity index (χ1v) is 8.27. The first-order chi connectivity index (χ1) is 10.0. The summed E-state index contributed by atoms with van der Waals surface area (Å²) in [5, 5.41) is 9.01. The molecule has 0 bridgehead atoms. The molecule has 21 heavy (non-hydrogen) atoms. The molecule has 1 aliphatic heterocycles.